The zero-order valence-electron chi connectivity index (χ0n) is 22.1. The van der Waals surface area contributed by atoms with Crippen LogP contribution in [-0.4, -0.2) is 31.5 Å². The maximum Gasteiger partial charge on any atom is 0.281 e. The molecule has 1 amide bonds. The van der Waals surface area contributed by atoms with Crippen molar-refractivity contribution in [3.8, 4) is 11.5 Å². The van der Waals surface area contributed by atoms with Crippen LogP contribution in [0.5, 0.6) is 11.5 Å². The second-order valence-electron chi connectivity index (χ2n) is 9.13. The van der Waals surface area contributed by atoms with Crippen molar-refractivity contribution >= 4 is 32.7 Å². The van der Waals surface area contributed by atoms with Gasteiger partial charge in [0.1, 0.15) is 45.9 Å². The lowest BCUT2D eigenvalue weighted by Gasteiger charge is -2.24. The van der Waals surface area contributed by atoms with Crippen molar-refractivity contribution in [3.05, 3.63) is 124 Å². The van der Waals surface area contributed by atoms with Crippen LogP contribution in [0.4, 0.5) is 17.6 Å². The highest BCUT2D eigenvalue weighted by molar-refractivity contribution is 8.14. The van der Waals surface area contributed by atoms with Crippen LogP contribution >= 0.6 is 11.8 Å². The summed E-state index contributed by atoms with van der Waals surface area (Å²) in [5.74, 6) is -5.29. The molecule has 1 aliphatic heterocycles. The molecule has 1 heterocycles. The summed E-state index contributed by atoms with van der Waals surface area (Å²) in [5, 5.41) is 9.50. The number of primary sulfonamides is 1. The number of nitrogens with two attached hydrogens (primary N) is 1. The molecule has 0 saturated carbocycles. The number of halogens is 4. The monoisotopic (exact) mass is 631 g/mol. The number of nitrogens with zero attached hydrogens (tertiary/aromatic N) is 2. The Labute approximate surface area is 247 Å². The van der Waals surface area contributed by atoms with Gasteiger partial charge in [-0.15, -0.1) is 0 Å². The normalized spacial score (nSPS) is 14.9. The van der Waals surface area contributed by atoms with Crippen molar-refractivity contribution in [2.24, 2.45) is 10.2 Å². The van der Waals surface area contributed by atoms with Gasteiger partial charge in [0.15, 0.2) is 11.5 Å². The second-order valence-corrected chi connectivity index (χ2v) is 11.8. The molecule has 0 bridgehead atoms. The van der Waals surface area contributed by atoms with Gasteiger partial charge >= 0.3 is 0 Å². The molecule has 4 aromatic carbocycles. The number of hydrogen-bond donors (Lipinski definition) is 1. The topological polar surface area (TPSA) is 111 Å². The highest BCUT2D eigenvalue weighted by Gasteiger charge is 2.39. The molecular formula is C29H21F4N3O5S2. The number of carbonyl (C=O) groups is 1. The fourth-order valence-corrected chi connectivity index (χ4v) is 5.94. The number of sulfonamides is 1. The van der Waals surface area contributed by atoms with Crippen LogP contribution in [0.3, 0.4) is 0 Å². The molecule has 222 valence electrons. The van der Waals surface area contributed by atoms with Crippen LogP contribution in [-0.2, 0) is 16.6 Å². The van der Waals surface area contributed by atoms with Gasteiger partial charge in [0.2, 0.25) is 10.0 Å². The molecule has 8 nitrogen and oxygen atoms in total. The van der Waals surface area contributed by atoms with E-state index >= 15 is 0 Å². The summed E-state index contributed by atoms with van der Waals surface area (Å²) in [4.78, 5) is 13.5. The molecule has 0 saturated heterocycles. The van der Waals surface area contributed by atoms with Crippen LogP contribution in [0, 0.1) is 23.3 Å². The molecule has 2 N–H and O–H groups in total. The molecule has 0 unspecified atom stereocenters. The summed E-state index contributed by atoms with van der Waals surface area (Å²) in [6, 6.07) is 16.6. The average molecular weight is 632 g/mol. The molecule has 0 radical (unpaired) electrons. The number of rotatable bonds is 8. The molecule has 1 atom stereocenters. The van der Waals surface area contributed by atoms with E-state index in [1.807, 2.05) is 0 Å². The summed E-state index contributed by atoms with van der Waals surface area (Å²) in [6.45, 7) is -0.00546. The van der Waals surface area contributed by atoms with Gasteiger partial charge in [-0.2, -0.15) is 5.10 Å². The van der Waals surface area contributed by atoms with Crippen LogP contribution in [0.2, 0.25) is 0 Å². The van der Waals surface area contributed by atoms with Crippen molar-refractivity contribution in [3.63, 3.8) is 0 Å². The first-order valence-corrected chi connectivity index (χ1v) is 14.8. The van der Waals surface area contributed by atoms with E-state index in [0.717, 1.165) is 16.8 Å². The lowest BCUT2D eigenvalue weighted by atomic mass is 10.1. The fraction of sp³-hybridized carbons (Fsp3) is 0.103. The first-order chi connectivity index (χ1) is 20.5. The molecule has 0 spiro atoms. The number of benzene rings is 4. The van der Waals surface area contributed by atoms with Gasteiger partial charge in [0.25, 0.3) is 5.91 Å². The van der Waals surface area contributed by atoms with Gasteiger partial charge in [-0.1, -0.05) is 36.0 Å². The number of methoxy groups -OCH3 is 1. The van der Waals surface area contributed by atoms with E-state index in [1.54, 1.807) is 18.2 Å². The van der Waals surface area contributed by atoms with Crippen molar-refractivity contribution in [2.75, 3.05) is 7.11 Å². The molecule has 4 aromatic rings. The van der Waals surface area contributed by atoms with Crippen molar-refractivity contribution in [1.29, 1.82) is 0 Å². The molecule has 43 heavy (non-hydrogen) atoms. The Bertz CT molecular complexity index is 1810. The van der Waals surface area contributed by atoms with E-state index in [0.29, 0.717) is 28.8 Å². The Hall–Kier alpha value is -4.40. The van der Waals surface area contributed by atoms with Gasteiger partial charge in [0, 0.05) is 23.3 Å². The van der Waals surface area contributed by atoms with Gasteiger partial charge in [-0.3, -0.25) is 4.79 Å². The molecule has 1 aliphatic rings. The van der Waals surface area contributed by atoms with E-state index in [4.69, 9.17) is 14.6 Å². The molecule has 0 fully saturated rings. The summed E-state index contributed by atoms with van der Waals surface area (Å²) < 4.78 is 91.1. The van der Waals surface area contributed by atoms with Crippen molar-refractivity contribution in [1.82, 2.24) is 5.01 Å². The predicted molar refractivity (Wildman–Crippen MR) is 151 cm³/mol. The fourth-order valence-electron chi connectivity index (χ4n) is 4.25. The first kappa shape index (κ1) is 30.1. The first-order valence-electron chi connectivity index (χ1n) is 12.4. The van der Waals surface area contributed by atoms with Gasteiger partial charge in [-0.05, 0) is 48.0 Å². The Morgan fingerprint density at radius 3 is 2.21 bits per heavy atom. The van der Waals surface area contributed by atoms with E-state index in [1.165, 1.54) is 55.6 Å². The summed E-state index contributed by atoms with van der Waals surface area (Å²) in [6.07, 6.45) is 0. The van der Waals surface area contributed by atoms with Gasteiger partial charge in [-0.25, -0.2) is 36.1 Å². The minimum Gasteiger partial charge on any atom is -0.492 e. The predicted octanol–water partition coefficient (Wildman–Crippen LogP) is 5.73. The number of carbonyl (C=O) groups excluding carboxylic acids is 1. The quantitative estimate of drug-likeness (QED) is 0.249. The van der Waals surface area contributed by atoms with Crippen LogP contribution in [0.1, 0.15) is 32.4 Å². The van der Waals surface area contributed by atoms with Gasteiger partial charge in [0.05, 0.1) is 12.0 Å². The zero-order valence-corrected chi connectivity index (χ0v) is 23.8. The minimum absolute atomic E-state index is 0.00546. The average Bonchev–Trinajstić information content (AvgIpc) is 3.41. The smallest absolute Gasteiger partial charge is 0.281 e. The number of amides is 1. The third kappa shape index (κ3) is 6.35. The van der Waals surface area contributed by atoms with Crippen LogP contribution < -0.4 is 14.6 Å². The number of thioether (sulfide) groups is 1. The zero-order chi connectivity index (χ0) is 30.9. The molecule has 0 aliphatic carbocycles. The Balaban J connectivity index is 1.51. The standard InChI is InChI=1S/C29H21F4N3O5S2/c1-40-26-21(3-2-4-24(26)41-15-16-5-11-20(12-6-16)43(34,38)39)29-36(28(37)25-22(32)13-19(31)14-23(25)33)35-27(42-29)17-7-9-18(30)10-8-17/h2-14,29H,15H2,1H3,(H2,34,38,39)/t29-/m1/s1. The number of para-hydroxylation sites is 1. The van der Waals surface area contributed by atoms with E-state index in [-0.39, 0.29) is 28.0 Å². The van der Waals surface area contributed by atoms with Crippen molar-refractivity contribution in [2.45, 2.75) is 16.9 Å². The second kappa shape index (κ2) is 12.1. The SMILES string of the molecule is COc1c(OCc2ccc(S(N)(=O)=O)cc2)cccc1[C@H]1SC(c2ccc(F)cc2)=NN1C(=O)c1c(F)cc(F)cc1F. The summed E-state index contributed by atoms with van der Waals surface area (Å²) in [7, 11) is -2.51. The third-order valence-corrected chi connectivity index (χ3v) is 8.44. The molecule has 0 aromatic heterocycles. The minimum atomic E-state index is -3.87. The van der Waals surface area contributed by atoms with E-state index < -0.39 is 50.1 Å². The Morgan fingerprint density at radius 2 is 1.60 bits per heavy atom. The third-order valence-electron chi connectivity index (χ3n) is 6.29. The van der Waals surface area contributed by atoms with Crippen LogP contribution in [0.25, 0.3) is 0 Å². The number of hydrazone groups is 1. The number of hydrogen-bond acceptors (Lipinski definition) is 7. The maximum atomic E-state index is 14.7. The van der Waals surface area contributed by atoms with Crippen LogP contribution in [0.15, 0.2) is 88.9 Å². The van der Waals surface area contributed by atoms with E-state index in [9.17, 15) is 30.8 Å². The summed E-state index contributed by atoms with van der Waals surface area (Å²) in [5.41, 5.74) is 0.370. The molecule has 5 rings (SSSR count). The highest BCUT2D eigenvalue weighted by Crippen LogP contribution is 2.48. The Morgan fingerprint density at radius 1 is 0.953 bits per heavy atom. The van der Waals surface area contributed by atoms with Crippen molar-refractivity contribution < 1.29 is 40.2 Å². The maximum absolute atomic E-state index is 14.7. The van der Waals surface area contributed by atoms with Gasteiger partial charge < -0.3 is 9.47 Å². The molecule has 14 heteroatoms. The van der Waals surface area contributed by atoms with E-state index in [2.05, 4.69) is 5.10 Å². The summed E-state index contributed by atoms with van der Waals surface area (Å²) >= 11 is 1.03. The lowest BCUT2D eigenvalue weighted by molar-refractivity contribution is 0.0737. The largest absolute Gasteiger partial charge is 0.492 e. The number of ether oxygens (including phenoxy) is 2. The molecular weight excluding hydrogens is 610 g/mol. The Kier molecular flexibility index (Phi) is 8.44. The lowest BCUT2D eigenvalue weighted by Crippen LogP contribution is -2.28. The highest BCUT2D eigenvalue weighted by atomic mass is 32.2.